The van der Waals surface area contributed by atoms with Gasteiger partial charge >= 0.3 is 0 Å². The molecule has 0 atom stereocenters. The molecule has 0 saturated heterocycles. The molecule has 0 rings (SSSR count). The summed E-state index contributed by atoms with van der Waals surface area (Å²) >= 11 is 6.05. The van der Waals surface area contributed by atoms with Crippen molar-refractivity contribution in [1.29, 1.82) is 0 Å². The number of hydrogen-bond donors (Lipinski definition) is 2. The third kappa shape index (κ3) is 4.99. The average Bonchev–Trinajstić information content (AvgIpc) is 1.98. The van der Waals surface area contributed by atoms with Gasteiger partial charge in [0.15, 0.2) is 0 Å². The molecule has 5 heteroatoms. The van der Waals surface area contributed by atoms with E-state index in [1.54, 1.807) is 4.31 Å². The molecule has 60 valence electrons. The van der Waals surface area contributed by atoms with E-state index in [1.807, 2.05) is 0 Å². The molecule has 0 aliphatic heterocycles. The second kappa shape index (κ2) is 7.27. The molecule has 0 heterocycles. The highest BCUT2D eigenvalue weighted by Crippen LogP contribution is 2.04. The lowest BCUT2D eigenvalue weighted by molar-refractivity contribution is 0.284. The van der Waals surface area contributed by atoms with Crippen LogP contribution in [0.2, 0.25) is 0 Å². The van der Waals surface area contributed by atoms with Crippen LogP contribution in [0.25, 0.3) is 0 Å². The first-order valence-corrected chi connectivity index (χ1v) is 4.33. The number of hydrogen-bond acceptors (Lipinski definition) is 4. The molecular weight excluding hydrogens is 170 g/mol. The van der Waals surface area contributed by atoms with Crippen LogP contribution in [0.4, 0.5) is 0 Å². The maximum Gasteiger partial charge on any atom is 0.0741 e. The summed E-state index contributed by atoms with van der Waals surface area (Å²) in [6, 6.07) is 0. The molecule has 0 radical (unpaired) electrons. The Morgan fingerprint density at radius 2 is 2.10 bits per heavy atom. The lowest BCUT2D eigenvalue weighted by atomic mass is 10.7. The van der Waals surface area contributed by atoms with E-state index >= 15 is 0 Å². The van der Waals surface area contributed by atoms with Crippen molar-refractivity contribution >= 4 is 29.7 Å². The summed E-state index contributed by atoms with van der Waals surface area (Å²) in [6.07, 6.45) is 0. The Kier molecular flexibility index (Phi) is 7.39. The second-order valence-electron chi connectivity index (χ2n) is 1.53. The summed E-state index contributed by atoms with van der Waals surface area (Å²) < 4.78 is 1.71. The normalized spacial score (nSPS) is 9.40. The maximum atomic E-state index is 8.48. The summed E-state index contributed by atoms with van der Waals surface area (Å²) in [6.45, 7) is 0.746. The molecular formula is C5H11NO2S2. The van der Waals surface area contributed by atoms with Crippen molar-refractivity contribution in [1.82, 2.24) is 4.31 Å². The number of thiocarbonyl (C=S) groups is 1. The van der Waals surface area contributed by atoms with Gasteiger partial charge in [0.25, 0.3) is 0 Å². The van der Waals surface area contributed by atoms with E-state index in [1.165, 1.54) is 17.4 Å². The Balaban J connectivity index is 3.29. The molecule has 0 amide bonds. The minimum atomic E-state index is 0.0889. The van der Waals surface area contributed by atoms with E-state index in [0.717, 1.165) is 0 Å². The zero-order chi connectivity index (χ0) is 7.82. The average molecular weight is 181 g/mol. The van der Waals surface area contributed by atoms with Crippen molar-refractivity contribution in [2.45, 2.75) is 0 Å². The quantitative estimate of drug-likeness (QED) is 0.442. The SMILES string of the molecule is OCCSN(C=S)CCO. The second-order valence-corrected chi connectivity index (χ2v) is 2.87. The summed E-state index contributed by atoms with van der Waals surface area (Å²) in [7, 11) is 0. The minimum Gasteiger partial charge on any atom is -0.395 e. The van der Waals surface area contributed by atoms with Crippen LogP contribution in [-0.4, -0.2) is 45.5 Å². The van der Waals surface area contributed by atoms with Gasteiger partial charge in [0, 0.05) is 5.75 Å². The predicted molar refractivity (Wildman–Crippen MR) is 47.0 cm³/mol. The Hall–Kier alpha value is 0.160. The van der Waals surface area contributed by atoms with Crippen LogP contribution in [0.1, 0.15) is 0 Å². The van der Waals surface area contributed by atoms with E-state index in [2.05, 4.69) is 12.2 Å². The highest BCUT2D eigenvalue weighted by Gasteiger charge is 1.96. The number of rotatable bonds is 6. The summed E-state index contributed by atoms with van der Waals surface area (Å²) in [5, 5.41) is 16.9. The smallest absolute Gasteiger partial charge is 0.0741 e. The number of aliphatic hydroxyl groups is 2. The van der Waals surface area contributed by atoms with Crippen molar-refractivity contribution in [2.75, 3.05) is 25.5 Å². The van der Waals surface area contributed by atoms with Crippen molar-refractivity contribution in [3.05, 3.63) is 0 Å². The summed E-state index contributed by atoms with van der Waals surface area (Å²) in [4.78, 5) is 0. The molecule has 0 aromatic carbocycles. The van der Waals surface area contributed by atoms with Crippen molar-refractivity contribution in [2.24, 2.45) is 0 Å². The van der Waals surface area contributed by atoms with Gasteiger partial charge in [0.05, 0.1) is 25.2 Å². The molecule has 0 aromatic rings. The van der Waals surface area contributed by atoms with Crippen LogP contribution in [0.3, 0.4) is 0 Å². The van der Waals surface area contributed by atoms with Crippen molar-refractivity contribution in [3.8, 4) is 0 Å². The Labute approximate surface area is 70.2 Å². The van der Waals surface area contributed by atoms with Crippen LogP contribution in [0, 0.1) is 0 Å². The van der Waals surface area contributed by atoms with Gasteiger partial charge in [-0.05, 0) is 11.9 Å². The van der Waals surface area contributed by atoms with Crippen LogP contribution in [-0.2, 0) is 0 Å². The summed E-state index contributed by atoms with van der Waals surface area (Å²) in [5.41, 5.74) is 1.47. The van der Waals surface area contributed by atoms with Gasteiger partial charge in [-0.1, -0.05) is 12.2 Å². The molecule has 0 aromatic heterocycles. The van der Waals surface area contributed by atoms with Crippen molar-refractivity contribution < 1.29 is 10.2 Å². The molecule has 2 N–H and O–H groups in total. The molecule has 0 aliphatic carbocycles. The predicted octanol–water partition coefficient (Wildman–Crippen LogP) is -0.122. The molecule has 0 fully saturated rings. The zero-order valence-corrected chi connectivity index (χ0v) is 7.20. The largest absolute Gasteiger partial charge is 0.395 e. The molecule has 0 aliphatic rings. The van der Waals surface area contributed by atoms with E-state index < -0.39 is 0 Å². The standard InChI is InChI=1S/C5H11NO2S2/c7-2-1-6(5-9)10-4-3-8/h5,7-8H,1-4H2. The third-order valence-corrected chi connectivity index (χ3v) is 2.16. The van der Waals surface area contributed by atoms with E-state index in [4.69, 9.17) is 10.2 Å². The van der Waals surface area contributed by atoms with Crippen LogP contribution in [0.5, 0.6) is 0 Å². The van der Waals surface area contributed by atoms with E-state index in [0.29, 0.717) is 12.3 Å². The molecule has 0 spiro atoms. The molecule has 0 bridgehead atoms. The molecule has 0 unspecified atom stereocenters. The first-order valence-electron chi connectivity index (χ1n) is 2.91. The highest BCUT2D eigenvalue weighted by atomic mass is 32.2. The Morgan fingerprint density at radius 1 is 1.40 bits per heavy atom. The van der Waals surface area contributed by atoms with Gasteiger partial charge in [0.1, 0.15) is 0 Å². The lowest BCUT2D eigenvalue weighted by Gasteiger charge is -2.14. The zero-order valence-electron chi connectivity index (χ0n) is 5.56. The monoisotopic (exact) mass is 181 g/mol. The van der Waals surface area contributed by atoms with Gasteiger partial charge in [-0.3, -0.25) is 0 Å². The van der Waals surface area contributed by atoms with E-state index in [9.17, 15) is 0 Å². The van der Waals surface area contributed by atoms with Gasteiger partial charge in [-0.2, -0.15) is 0 Å². The van der Waals surface area contributed by atoms with Crippen molar-refractivity contribution in [3.63, 3.8) is 0 Å². The maximum absolute atomic E-state index is 8.48. The number of nitrogens with zero attached hydrogens (tertiary/aromatic N) is 1. The van der Waals surface area contributed by atoms with Crippen LogP contribution >= 0.6 is 24.2 Å². The fourth-order valence-corrected chi connectivity index (χ4v) is 1.28. The first kappa shape index (κ1) is 10.2. The molecule has 3 nitrogen and oxygen atoms in total. The Bertz CT molecular complexity index is 91.7. The molecule has 0 saturated carbocycles. The van der Waals surface area contributed by atoms with E-state index in [-0.39, 0.29) is 13.2 Å². The number of aliphatic hydroxyl groups excluding tert-OH is 2. The lowest BCUT2D eigenvalue weighted by Crippen LogP contribution is -2.17. The topological polar surface area (TPSA) is 43.7 Å². The fraction of sp³-hybridized carbons (Fsp3) is 0.800. The minimum absolute atomic E-state index is 0.0889. The fourth-order valence-electron chi connectivity index (χ4n) is 0.404. The molecule has 10 heavy (non-hydrogen) atoms. The van der Waals surface area contributed by atoms with Gasteiger partial charge in [-0.15, -0.1) is 0 Å². The summed E-state index contributed by atoms with van der Waals surface area (Å²) in [5.74, 6) is 0.618. The Morgan fingerprint density at radius 3 is 2.50 bits per heavy atom. The first-order chi connectivity index (χ1) is 4.85. The van der Waals surface area contributed by atoms with Gasteiger partial charge in [-0.25, -0.2) is 0 Å². The van der Waals surface area contributed by atoms with Gasteiger partial charge in [0.2, 0.25) is 0 Å². The highest BCUT2D eigenvalue weighted by molar-refractivity contribution is 7.98. The van der Waals surface area contributed by atoms with Crippen LogP contribution in [0.15, 0.2) is 0 Å². The van der Waals surface area contributed by atoms with Gasteiger partial charge < -0.3 is 14.5 Å². The van der Waals surface area contributed by atoms with Crippen LogP contribution < -0.4 is 0 Å². The third-order valence-electron chi connectivity index (χ3n) is 0.786.